The van der Waals surface area contributed by atoms with E-state index in [2.05, 4.69) is 21.8 Å². The Hall–Kier alpha value is -2.41. The van der Waals surface area contributed by atoms with Crippen LogP contribution in [0, 0.1) is 12.8 Å². The molecule has 0 bridgehead atoms. The molecule has 0 radical (unpaired) electrons. The van der Waals surface area contributed by atoms with E-state index >= 15 is 0 Å². The minimum Gasteiger partial charge on any atom is -0.356 e. The maximum atomic E-state index is 13.0. The molecular formula is C19H22N4O2S. The molecule has 2 heterocycles. The first-order valence-electron chi connectivity index (χ1n) is 8.75. The van der Waals surface area contributed by atoms with Crippen LogP contribution in [0.2, 0.25) is 0 Å². The standard InChI is InChI=1S/C19H22N4O2S/c1-13-4-6-16(7-5-13)26(24,25)23-9-8-17-18(20-12-21-19(17)23)22(3)15-10-14(2)11-15/h4-9,12,14-15H,10-11H2,1-3H3. The van der Waals surface area contributed by atoms with Gasteiger partial charge in [-0.15, -0.1) is 0 Å². The summed E-state index contributed by atoms with van der Waals surface area (Å²) in [5.41, 5.74) is 1.43. The summed E-state index contributed by atoms with van der Waals surface area (Å²) in [5, 5.41) is 0.755. The van der Waals surface area contributed by atoms with E-state index < -0.39 is 10.0 Å². The number of fused-ring (bicyclic) bond motifs is 1. The molecule has 0 atom stereocenters. The average Bonchev–Trinajstić information content (AvgIpc) is 3.03. The molecule has 1 saturated carbocycles. The van der Waals surface area contributed by atoms with E-state index in [9.17, 15) is 8.42 Å². The summed E-state index contributed by atoms with van der Waals surface area (Å²) >= 11 is 0. The molecule has 3 aromatic rings. The lowest BCUT2D eigenvalue weighted by Gasteiger charge is -2.40. The molecule has 2 aromatic heterocycles. The maximum Gasteiger partial charge on any atom is 0.269 e. The van der Waals surface area contributed by atoms with Crippen LogP contribution in [0.3, 0.4) is 0 Å². The SMILES string of the molecule is Cc1ccc(S(=O)(=O)n2ccc3c(N(C)C4CC(C)C4)ncnc32)cc1. The van der Waals surface area contributed by atoms with Crippen molar-refractivity contribution in [3.8, 4) is 0 Å². The Labute approximate surface area is 153 Å². The number of hydrogen-bond acceptors (Lipinski definition) is 5. The van der Waals surface area contributed by atoms with E-state index in [4.69, 9.17) is 0 Å². The summed E-state index contributed by atoms with van der Waals surface area (Å²) < 4.78 is 27.3. The molecule has 136 valence electrons. The van der Waals surface area contributed by atoms with E-state index in [-0.39, 0.29) is 4.90 Å². The molecular weight excluding hydrogens is 348 g/mol. The second-order valence-corrected chi connectivity index (χ2v) is 9.02. The van der Waals surface area contributed by atoms with Gasteiger partial charge in [-0.25, -0.2) is 22.4 Å². The molecule has 0 N–H and O–H groups in total. The topological polar surface area (TPSA) is 68.1 Å². The van der Waals surface area contributed by atoms with Crippen molar-refractivity contribution in [3.63, 3.8) is 0 Å². The molecule has 4 rings (SSSR count). The number of nitrogens with zero attached hydrogens (tertiary/aromatic N) is 4. The van der Waals surface area contributed by atoms with E-state index in [1.807, 2.05) is 14.0 Å². The number of benzene rings is 1. The molecule has 1 aliphatic rings. The summed E-state index contributed by atoms with van der Waals surface area (Å²) in [6.07, 6.45) is 5.27. The first-order valence-corrected chi connectivity index (χ1v) is 10.2. The second kappa shape index (κ2) is 6.09. The Morgan fingerprint density at radius 3 is 2.46 bits per heavy atom. The minimum absolute atomic E-state index is 0.252. The van der Waals surface area contributed by atoms with Crippen LogP contribution in [0.4, 0.5) is 5.82 Å². The maximum absolute atomic E-state index is 13.0. The van der Waals surface area contributed by atoms with Gasteiger partial charge in [0.1, 0.15) is 12.1 Å². The average molecular weight is 370 g/mol. The summed E-state index contributed by atoms with van der Waals surface area (Å²) in [5.74, 6) is 1.51. The van der Waals surface area contributed by atoms with E-state index in [1.165, 1.54) is 10.3 Å². The van der Waals surface area contributed by atoms with E-state index in [1.54, 1.807) is 36.5 Å². The van der Waals surface area contributed by atoms with Gasteiger partial charge in [0.25, 0.3) is 10.0 Å². The van der Waals surface area contributed by atoms with E-state index in [0.717, 1.165) is 35.5 Å². The number of anilines is 1. The third-order valence-electron chi connectivity index (χ3n) is 5.24. The van der Waals surface area contributed by atoms with Gasteiger partial charge in [-0.05, 0) is 43.9 Å². The fraction of sp³-hybridized carbons (Fsp3) is 0.368. The Morgan fingerprint density at radius 1 is 1.12 bits per heavy atom. The van der Waals surface area contributed by atoms with Gasteiger partial charge >= 0.3 is 0 Å². The molecule has 1 aromatic carbocycles. The zero-order valence-corrected chi connectivity index (χ0v) is 15.9. The first-order chi connectivity index (χ1) is 12.4. The Balaban J connectivity index is 1.78. The van der Waals surface area contributed by atoms with Crippen molar-refractivity contribution >= 4 is 26.9 Å². The monoisotopic (exact) mass is 370 g/mol. The van der Waals surface area contributed by atoms with Crippen molar-refractivity contribution in [1.29, 1.82) is 0 Å². The number of aryl methyl sites for hydroxylation is 1. The molecule has 0 unspecified atom stereocenters. The van der Waals surface area contributed by atoms with Crippen molar-refractivity contribution < 1.29 is 8.42 Å². The fourth-order valence-electron chi connectivity index (χ4n) is 3.56. The van der Waals surface area contributed by atoms with Crippen molar-refractivity contribution in [2.75, 3.05) is 11.9 Å². The van der Waals surface area contributed by atoms with Gasteiger partial charge in [0.05, 0.1) is 10.3 Å². The first kappa shape index (κ1) is 17.0. The fourth-order valence-corrected chi connectivity index (χ4v) is 4.86. The number of rotatable bonds is 4. The van der Waals surface area contributed by atoms with E-state index in [0.29, 0.717) is 11.7 Å². The smallest absolute Gasteiger partial charge is 0.269 e. The van der Waals surface area contributed by atoms with Crippen LogP contribution in [-0.2, 0) is 10.0 Å². The highest BCUT2D eigenvalue weighted by Gasteiger charge is 2.31. The Kier molecular flexibility index (Phi) is 3.99. The van der Waals surface area contributed by atoms with Crippen LogP contribution in [0.5, 0.6) is 0 Å². The van der Waals surface area contributed by atoms with Crippen LogP contribution >= 0.6 is 0 Å². The molecule has 0 saturated heterocycles. The zero-order chi connectivity index (χ0) is 18.5. The van der Waals surface area contributed by atoms with Crippen LogP contribution in [0.1, 0.15) is 25.3 Å². The molecule has 0 spiro atoms. The van der Waals surface area contributed by atoms with Gasteiger partial charge in [0.2, 0.25) is 0 Å². The van der Waals surface area contributed by atoms with Crippen LogP contribution in [0.15, 0.2) is 47.8 Å². The zero-order valence-electron chi connectivity index (χ0n) is 15.1. The molecule has 7 heteroatoms. The largest absolute Gasteiger partial charge is 0.356 e. The van der Waals surface area contributed by atoms with Gasteiger partial charge < -0.3 is 4.90 Å². The van der Waals surface area contributed by atoms with Crippen LogP contribution in [-0.4, -0.2) is 35.4 Å². The third kappa shape index (κ3) is 2.67. The summed E-state index contributed by atoms with van der Waals surface area (Å²) in [4.78, 5) is 11.1. The molecule has 1 fully saturated rings. The summed E-state index contributed by atoms with van der Waals surface area (Å²) in [7, 11) is -1.68. The lowest BCUT2D eigenvalue weighted by Crippen LogP contribution is -2.42. The second-order valence-electron chi connectivity index (χ2n) is 7.21. The van der Waals surface area contributed by atoms with Gasteiger partial charge in [0.15, 0.2) is 5.65 Å². The number of aromatic nitrogens is 3. The summed E-state index contributed by atoms with van der Waals surface area (Å²) in [6, 6.07) is 9.07. The van der Waals surface area contributed by atoms with Gasteiger partial charge in [0, 0.05) is 19.3 Å². The van der Waals surface area contributed by atoms with Gasteiger partial charge in [-0.2, -0.15) is 0 Å². The molecule has 6 nitrogen and oxygen atoms in total. The molecule has 0 amide bonds. The lowest BCUT2D eigenvalue weighted by molar-refractivity contribution is 0.280. The van der Waals surface area contributed by atoms with Crippen molar-refractivity contribution in [1.82, 2.24) is 13.9 Å². The minimum atomic E-state index is -3.69. The quantitative estimate of drug-likeness (QED) is 0.705. The summed E-state index contributed by atoms with van der Waals surface area (Å²) in [6.45, 7) is 4.17. The molecule has 1 aliphatic carbocycles. The normalized spacial score (nSPS) is 20.1. The molecule has 26 heavy (non-hydrogen) atoms. The van der Waals surface area contributed by atoms with Crippen LogP contribution < -0.4 is 4.90 Å². The van der Waals surface area contributed by atoms with Crippen molar-refractivity contribution in [2.24, 2.45) is 5.92 Å². The Bertz CT molecular complexity index is 1050. The van der Waals surface area contributed by atoms with Gasteiger partial charge in [-0.1, -0.05) is 24.6 Å². The van der Waals surface area contributed by atoms with Crippen molar-refractivity contribution in [3.05, 3.63) is 48.4 Å². The third-order valence-corrected chi connectivity index (χ3v) is 6.92. The predicted octanol–water partition coefficient (Wildman–Crippen LogP) is 3.21. The number of hydrogen-bond donors (Lipinski definition) is 0. The predicted molar refractivity (Wildman–Crippen MR) is 102 cm³/mol. The highest BCUT2D eigenvalue weighted by atomic mass is 32.2. The van der Waals surface area contributed by atoms with Crippen molar-refractivity contribution in [2.45, 2.75) is 37.6 Å². The highest BCUT2D eigenvalue weighted by Crippen LogP contribution is 2.35. The highest BCUT2D eigenvalue weighted by molar-refractivity contribution is 7.90. The molecule has 0 aliphatic heterocycles. The van der Waals surface area contributed by atoms with Gasteiger partial charge in [-0.3, -0.25) is 0 Å². The van der Waals surface area contributed by atoms with Crippen LogP contribution in [0.25, 0.3) is 11.0 Å². The lowest BCUT2D eigenvalue weighted by atomic mass is 9.81. The Morgan fingerprint density at radius 2 is 1.81 bits per heavy atom.